The smallest absolute Gasteiger partial charge is 0.416 e. The van der Waals surface area contributed by atoms with Gasteiger partial charge in [-0.2, -0.15) is 13.2 Å². The molecule has 3 aliphatic carbocycles. The molecule has 7 nitrogen and oxygen atoms in total. The standard InChI is InChI=1S/C40H43ClF3NO6/c1-24-5-3-16-38(2)32(15-17-39(38)23-45(37(48)51-39)22-28-6-4-18-49-28)29-11-8-25(19-27(46)10-7-24)20-30(29)36(47)35-14-13-34(50-35)31-21-26(40(42,43)44)9-12-33(31)41/h5,8-9,11-14,20-21,27-28,32,46H,3-4,6-7,10,15-19,22-23H2,1-2H3/t27-,28+,32-,38-,39+/m0/s1. The molecule has 3 fully saturated rings. The molecule has 51 heavy (non-hydrogen) atoms. The van der Waals surface area contributed by atoms with Gasteiger partial charge in [-0.25, -0.2) is 4.79 Å². The van der Waals surface area contributed by atoms with Gasteiger partial charge in [0.2, 0.25) is 5.78 Å². The van der Waals surface area contributed by atoms with Crippen molar-refractivity contribution in [1.82, 2.24) is 4.90 Å². The second-order valence-electron chi connectivity index (χ2n) is 15.0. The summed E-state index contributed by atoms with van der Waals surface area (Å²) in [7, 11) is 0. The number of halogens is 4. The normalized spacial score (nSPS) is 28.5. The fraction of sp³-hybridized carbons (Fsp3) is 0.500. The minimum Gasteiger partial charge on any atom is -0.453 e. The molecule has 1 N–H and O–H groups in total. The predicted octanol–water partition coefficient (Wildman–Crippen LogP) is 9.53. The molecule has 11 heteroatoms. The molecular weight excluding hydrogens is 683 g/mol. The minimum absolute atomic E-state index is 0.0107. The van der Waals surface area contributed by atoms with E-state index in [0.29, 0.717) is 57.4 Å². The average Bonchev–Trinajstić information content (AvgIpc) is 3.89. The summed E-state index contributed by atoms with van der Waals surface area (Å²) in [5, 5.41) is 11.0. The van der Waals surface area contributed by atoms with E-state index in [1.165, 1.54) is 17.7 Å². The van der Waals surface area contributed by atoms with Crippen LogP contribution < -0.4 is 0 Å². The van der Waals surface area contributed by atoms with E-state index in [9.17, 15) is 27.9 Å². The third-order valence-corrected chi connectivity index (χ3v) is 12.0. The van der Waals surface area contributed by atoms with E-state index in [4.69, 9.17) is 25.5 Å². The zero-order valence-corrected chi connectivity index (χ0v) is 29.6. The van der Waals surface area contributed by atoms with Crippen LogP contribution in [-0.4, -0.2) is 59.4 Å². The average molecular weight is 726 g/mol. The number of alkyl halides is 3. The molecule has 2 bridgehead atoms. The first kappa shape index (κ1) is 35.8. The van der Waals surface area contributed by atoms with E-state index in [2.05, 4.69) is 19.9 Å². The maximum absolute atomic E-state index is 14.5. The summed E-state index contributed by atoms with van der Waals surface area (Å²) in [5.74, 6) is -0.595. The van der Waals surface area contributed by atoms with Gasteiger partial charge in [0.15, 0.2) is 5.76 Å². The highest BCUT2D eigenvalue weighted by molar-refractivity contribution is 6.33. The Morgan fingerprint density at radius 2 is 1.90 bits per heavy atom. The fourth-order valence-corrected chi connectivity index (χ4v) is 9.00. The van der Waals surface area contributed by atoms with E-state index in [0.717, 1.165) is 55.0 Å². The number of fused-ring (bicyclic) bond motifs is 8. The lowest BCUT2D eigenvalue weighted by atomic mass is 9.65. The van der Waals surface area contributed by atoms with Gasteiger partial charge in [-0.3, -0.25) is 4.79 Å². The van der Waals surface area contributed by atoms with Gasteiger partial charge in [-0.15, -0.1) is 0 Å². The topological polar surface area (TPSA) is 89.2 Å². The van der Waals surface area contributed by atoms with Crippen LogP contribution in [0.5, 0.6) is 0 Å². The van der Waals surface area contributed by atoms with Crippen LogP contribution in [0.4, 0.5) is 18.0 Å². The van der Waals surface area contributed by atoms with E-state index in [1.54, 1.807) is 4.90 Å². The van der Waals surface area contributed by atoms with E-state index in [1.807, 2.05) is 18.2 Å². The number of aliphatic hydroxyl groups is 1. The molecule has 5 aliphatic rings. The van der Waals surface area contributed by atoms with Crippen molar-refractivity contribution in [3.8, 4) is 11.3 Å². The number of carbonyl (C=O) groups is 2. The molecule has 1 amide bonds. The van der Waals surface area contributed by atoms with E-state index >= 15 is 0 Å². The lowest BCUT2D eigenvalue weighted by Crippen LogP contribution is -2.48. The zero-order chi connectivity index (χ0) is 36.1. The first-order chi connectivity index (χ1) is 24.3. The summed E-state index contributed by atoms with van der Waals surface area (Å²) >= 11 is 6.31. The molecular formula is C40H43ClF3NO6. The summed E-state index contributed by atoms with van der Waals surface area (Å²) in [5.41, 5.74) is 0.985. The van der Waals surface area contributed by atoms with Crippen molar-refractivity contribution in [1.29, 1.82) is 0 Å². The molecule has 5 atom stereocenters. The van der Waals surface area contributed by atoms with Gasteiger partial charge in [0.25, 0.3) is 0 Å². The van der Waals surface area contributed by atoms with E-state index < -0.39 is 34.6 Å². The van der Waals surface area contributed by atoms with Crippen LogP contribution in [-0.2, 0) is 22.1 Å². The van der Waals surface area contributed by atoms with Crippen LogP contribution in [0.2, 0.25) is 5.02 Å². The van der Waals surface area contributed by atoms with Crippen LogP contribution in [0.15, 0.2) is 64.6 Å². The monoisotopic (exact) mass is 725 g/mol. The summed E-state index contributed by atoms with van der Waals surface area (Å²) in [6, 6.07) is 11.6. The zero-order valence-electron chi connectivity index (χ0n) is 28.9. The summed E-state index contributed by atoms with van der Waals surface area (Å²) in [6.45, 7) is 5.87. The molecule has 2 aromatic carbocycles. The van der Waals surface area contributed by atoms with Crippen molar-refractivity contribution in [3.63, 3.8) is 0 Å². The van der Waals surface area contributed by atoms with Gasteiger partial charge in [0, 0.05) is 23.1 Å². The molecule has 272 valence electrons. The largest absolute Gasteiger partial charge is 0.453 e. The van der Waals surface area contributed by atoms with Gasteiger partial charge in [0.05, 0.1) is 35.9 Å². The number of allylic oxidation sites excluding steroid dienone is 2. The number of hydrogen-bond acceptors (Lipinski definition) is 6. The maximum Gasteiger partial charge on any atom is 0.416 e. The highest BCUT2D eigenvalue weighted by Gasteiger charge is 2.64. The second-order valence-corrected chi connectivity index (χ2v) is 15.4. The fourth-order valence-electron chi connectivity index (χ4n) is 8.78. The Labute approximate surface area is 300 Å². The SMILES string of the molecule is CC1=CCC[C@@]2(C)[C@@H](CC[C@@]23CN(C[C@H]2CCCO2)C(=O)O3)c2ccc(cc2C(=O)c2ccc(-c3cc(C(F)(F)F)ccc3Cl)o2)C[C@@H](O)CC1. The molecule has 8 rings (SSSR count). The Balaban J connectivity index is 1.28. The molecule has 3 aromatic rings. The van der Waals surface area contributed by atoms with E-state index in [-0.39, 0.29) is 40.2 Å². The Bertz CT molecular complexity index is 1850. The van der Waals surface area contributed by atoms with Crippen molar-refractivity contribution < 1.29 is 41.8 Å². The van der Waals surface area contributed by atoms with Gasteiger partial charge in [-0.1, -0.05) is 42.3 Å². The van der Waals surface area contributed by atoms with Crippen molar-refractivity contribution in [2.75, 3.05) is 19.7 Å². The van der Waals surface area contributed by atoms with Crippen LogP contribution in [0.1, 0.15) is 104 Å². The van der Waals surface area contributed by atoms with Crippen LogP contribution in [0, 0.1) is 5.41 Å². The summed E-state index contributed by atoms with van der Waals surface area (Å²) in [4.78, 5) is 29.7. The molecule has 2 saturated heterocycles. The number of rotatable bonds is 5. The number of amides is 1. The molecule has 1 saturated carbocycles. The number of aliphatic hydroxyl groups excluding tert-OH is 1. The number of hydrogen-bond donors (Lipinski definition) is 1. The Hall–Kier alpha value is -3.60. The number of nitrogens with zero attached hydrogens (tertiary/aromatic N) is 1. The molecule has 0 unspecified atom stereocenters. The Morgan fingerprint density at radius 3 is 2.67 bits per heavy atom. The van der Waals surface area contributed by atoms with Gasteiger partial charge in [0.1, 0.15) is 11.4 Å². The van der Waals surface area contributed by atoms with Gasteiger partial charge in [-0.05, 0) is 118 Å². The molecule has 1 aromatic heterocycles. The minimum atomic E-state index is -4.58. The number of furan rings is 1. The van der Waals surface area contributed by atoms with Crippen molar-refractivity contribution in [2.24, 2.45) is 5.41 Å². The summed E-state index contributed by atoms with van der Waals surface area (Å²) in [6.07, 6.45) is 2.91. The highest BCUT2D eigenvalue weighted by atomic mass is 35.5. The van der Waals surface area contributed by atoms with Crippen LogP contribution in [0.3, 0.4) is 0 Å². The van der Waals surface area contributed by atoms with Crippen molar-refractivity contribution >= 4 is 23.5 Å². The second kappa shape index (κ2) is 13.7. The van der Waals surface area contributed by atoms with Crippen LogP contribution >= 0.6 is 11.6 Å². The number of benzene rings is 2. The maximum atomic E-state index is 14.5. The van der Waals surface area contributed by atoms with Gasteiger partial charge >= 0.3 is 12.3 Å². The first-order valence-corrected chi connectivity index (χ1v) is 18.2. The van der Waals surface area contributed by atoms with Gasteiger partial charge < -0.3 is 23.9 Å². The number of ether oxygens (including phenoxy) is 2. The number of ketones is 1. The predicted molar refractivity (Wildman–Crippen MR) is 186 cm³/mol. The third-order valence-electron chi connectivity index (χ3n) is 11.7. The van der Waals surface area contributed by atoms with Crippen LogP contribution in [0.25, 0.3) is 11.3 Å². The van der Waals surface area contributed by atoms with Crippen molar-refractivity contribution in [3.05, 3.63) is 93.2 Å². The third kappa shape index (κ3) is 6.87. The number of carbonyl (C=O) groups excluding carboxylic acids is 2. The lowest BCUT2D eigenvalue weighted by molar-refractivity contribution is -0.137. The highest BCUT2D eigenvalue weighted by Crippen LogP contribution is 2.62. The molecule has 1 spiro atoms. The molecule has 2 aliphatic heterocycles. The first-order valence-electron chi connectivity index (χ1n) is 17.8. The molecule has 3 heterocycles. The summed E-state index contributed by atoms with van der Waals surface area (Å²) < 4.78 is 58.9. The quantitative estimate of drug-likeness (QED) is 0.208. The lowest BCUT2D eigenvalue weighted by Gasteiger charge is -2.43. The van der Waals surface area contributed by atoms with Crippen molar-refractivity contribution in [2.45, 2.75) is 102 Å². The Kier molecular flexibility index (Phi) is 9.65. The molecule has 0 radical (unpaired) electrons. The Morgan fingerprint density at radius 1 is 1.08 bits per heavy atom.